The van der Waals surface area contributed by atoms with Crippen LogP contribution >= 0.6 is 11.6 Å². The van der Waals surface area contributed by atoms with E-state index in [0.29, 0.717) is 11.4 Å². The Kier molecular flexibility index (Phi) is 4.28. The van der Waals surface area contributed by atoms with Crippen LogP contribution in [0.25, 0.3) is 0 Å². The number of hydrogen-bond acceptors (Lipinski definition) is 2. The van der Waals surface area contributed by atoms with Gasteiger partial charge in [-0.25, -0.2) is 0 Å². The molecule has 21 heavy (non-hydrogen) atoms. The average Bonchev–Trinajstić information content (AvgIpc) is 3.19. The van der Waals surface area contributed by atoms with Crippen molar-refractivity contribution in [1.29, 1.82) is 0 Å². The van der Waals surface area contributed by atoms with Gasteiger partial charge in [-0.3, -0.25) is 9.59 Å². The van der Waals surface area contributed by atoms with E-state index >= 15 is 0 Å². The molecule has 0 radical (unpaired) electrons. The maximum absolute atomic E-state index is 12.4. The van der Waals surface area contributed by atoms with E-state index in [1.165, 1.54) is 0 Å². The first-order chi connectivity index (χ1) is 9.77. The molecule has 0 saturated heterocycles. The van der Waals surface area contributed by atoms with Gasteiger partial charge in [-0.05, 0) is 44.7 Å². The van der Waals surface area contributed by atoms with Crippen LogP contribution in [0, 0.1) is 10.8 Å². The summed E-state index contributed by atoms with van der Waals surface area (Å²) in [6.45, 7) is 3.33. The minimum Gasteiger partial charge on any atom is -0.481 e. The van der Waals surface area contributed by atoms with Gasteiger partial charge in [0.1, 0.15) is 0 Å². The molecular weight excluding hydrogens is 290 g/mol. The van der Waals surface area contributed by atoms with Gasteiger partial charge in [-0.1, -0.05) is 29.8 Å². The summed E-state index contributed by atoms with van der Waals surface area (Å²) < 4.78 is 0. The molecule has 2 N–H and O–H groups in total. The quantitative estimate of drug-likeness (QED) is 0.849. The maximum atomic E-state index is 12.4. The third-order valence-corrected chi connectivity index (χ3v) is 4.46. The Morgan fingerprint density at radius 1 is 1.33 bits per heavy atom. The van der Waals surface area contributed by atoms with Crippen LogP contribution in [-0.4, -0.2) is 23.5 Å². The van der Waals surface area contributed by atoms with Crippen LogP contribution in [0.4, 0.5) is 0 Å². The van der Waals surface area contributed by atoms with Crippen LogP contribution in [0.3, 0.4) is 0 Å². The molecule has 4 nitrogen and oxygen atoms in total. The SMILES string of the molecule is CC(C)(CNC(=O)C1(Cc2ccccc2Cl)CC1)C(=O)O. The number of aliphatic carboxylic acids is 1. The van der Waals surface area contributed by atoms with Gasteiger partial charge >= 0.3 is 5.97 Å². The van der Waals surface area contributed by atoms with Gasteiger partial charge in [0, 0.05) is 11.6 Å². The van der Waals surface area contributed by atoms with Crippen molar-refractivity contribution >= 4 is 23.5 Å². The second-order valence-electron chi connectivity index (χ2n) is 6.42. The zero-order valence-corrected chi connectivity index (χ0v) is 13.0. The lowest BCUT2D eigenvalue weighted by atomic mass is 9.92. The molecule has 0 spiro atoms. The molecule has 1 aliphatic carbocycles. The number of hydrogen-bond donors (Lipinski definition) is 2. The van der Waals surface area contributed by atoms with Crippen molar-refractivity contribution in [3.63, 3.8) is 0 Å². The first-order valence-electron chi connectivity index (χ1n) is 7.02. The highest BCUT2D eigenvalue weighted by Crippen LogP contribution is 2.49. The Morgan fingerprint density at radius 3 is 2.48 bits per heavy atom. The molecule has 1 fully saturated rings. The van der Waals surface area contributed by atoms with Crippen LogP contribution in [0.15, 0.2) is 24.3 Å². The number of amides is 1. The highest BCUT2D eigenvalue weighted by Gasteiger charge is 2.50. The lowest BCUT2D eigenvalue weighted by Crippen LogP contribution is -2.42. The molecule has 0 atom stereocenters. The normalized spacial score (nSPS) is 16.3. The molecule has 1 saturated carbocycles. The van der Waals surface area contributed by atoms with Gasteiger partial charge in [-0.2, -0.15) is 0 Å². The first-order valence-corrected chi connectivity index (χ1v) is 7.40. The number of carboxylic acids is 1. The van der Waals surface area contributed by atoms with Gasteiger partial charge in [-0.15, -0.1) is 0 Å². The summed E-state index contributed by atoms with van der Waals surface area (Å²) in [5.74, 6) is -0.990. The number of benzene rings is 1. The number of carbonyl (C=O) groups is 2. The lowest BCUT2D eigenvalue weighted by molar-refractivity contribution is -0.147. The predicted molar refractivity (Wildman–Crippen MR) is 81.2 cm³/mol. The Morgan fingerprint density at radius 2 is 1.95 bits per heavy atom. The number of nitrogens with one attached hydrogen (secondary N) is 1. The van der Waals surface area contributed by atoms with Crippen molar-refractivity contribution in [3.8, 4) is 0 Å². The van der Waals surface area contributed by atoms with Gasteiger partial charge in [0.25, 0.3) is 0 Å². The van der Waals surface area contributed by atoms with Crippen molar-refractivity contribution in [3.05, 3.63) is 34.9 Å². The number of carboxylic acid groups (broad SMARTS) is 1. The zero-order valence-electron chi connectivity index (χ0n) is 12.3. The summed E-state index contributed by atoms with van der Waals surface area (Å²) in [6, 6.07) is 7.51. The van der Waals surface area contributed by atoms with Crippen LogP contribution in [0.5, 0.6) is 0 Å². The Labute approximate surface area is 129 Å². The fourth-order valence-electron chi connectivity index (χ4n) is 2.21. The van der Waals surface area contributed by atoms with E-state index in [1.54, 1.807) is 13.8 Å². The molecule has 0 bridgehead atoms. The van der Waals surface area contributed by atoms with E-state index in [1.807, 2.05) is 24.3 Å². The van der Waals surface area contributed by atoms with E-state index in [4.69, 9.17) is 16.7 Å². The average molecular weight is 310 g/mol. The van der Waals surface area contributed by atoms with Crippen LogP contribution in [-0.2, 0) is 16.0 Å². The van der Waals surface area contributed by atoms with E-state index < -0.39 is 16.8 Å². The lowest BCUT2D eigenvalue weighted by Gasteiger charge is -2.22. The fourth-order valence-corrected chi connectivity index (χ4v) is 2.41. The molecule has 0 heterocycles. The monoisotopic (exact) mass is 309 g/mol. The summed E-state index contributed by atoms with van der Waals surface area (Å²) in [5, 5.41) is 12.5. The smallest absolute Gasteiger partial charge is 0.310 e. The van der Waals surface area contributed by atoms with E-state index in [9.17, 15) is 9.59 Å². The van der Waals surface area contributed by atoms with Gasteiger partial charge in [0.15, 0.2) is 0 Å². The summed E-state index contributed by atoms with van der Waals surface area (Å²) in [7, 11) is 0. The summed E-state index contributed by atoms with van der Waals surface area (Å²) in [5.41, 5.74) is -0.417. The van der Waals surface area contributed by atoms with Gasteiger partial charge < -0.3 is 10.4 Å². The Bertz CT molecular complexity index is 564. The van der Waals surface area contributed by atoms with Crippen molar-refractivity contribution in [2.45, 2.75) is 33.1 Å². The predicted octanol–water partition coefficient (Wildman–Crippen LogP) is 2.89. The van der Waals surface area contributed by atoms with E-state index in [-0.39, 0.29) is 12.5 Å². The van der Waals surface area contributed by atoms with E-state index in [2.05, 4.69) is 5.32 Å². The molecular formula is C16H20ClNO3. The van der Waals surface area contributed by atoms with Gasteiger partial charge in [0.05, 0.1) is 10.8 Å². The van der Waals surface area contributed by atoms with Crippen molar-refractivity contribution < 1.29 is 14.7 Å². The molecule has 0 aliphatic heterocycles. The standard InChI is InChI=1S/C16H20ClNO3/c1-15(2,14(20)21)10-18-13(19)16(7-8-16)9-11-5-3-4-6-12(11)17/h3-6H,7-10H2,1-2H3,(H,18,19)(H,20,21). The third-order valence-electron chi connectivity index (χ3n) is 4.09. The first kappa shape index (κ1) is 15.8. The van der Waals surface area contributed by atoms with Gasteiger partial charge in [0.2, 0.25) is 5.91 Å². The van der Waals surface area contributed by atoms with Crippen LogP contribution in [0.1, 0.15) is 32.3 Å². The molecule has 0 unspecified atom stereocenters. The zero-order chi connectivity index (χ0) is 15.7. The maximum Gasteiger partial charge on any atom is 0.310 e. The second kappa shape index (κ2) is 5.68. The summed E-state index contributed by atoms with van der Waals surface area (Å²) >= 11 is 6.14. The van der Waals surface area contributed by atoms with Crippen LogP contribution in [0.2, 0.25) is 5.02 Å². The minimum atomic E-state index is -0.962. The fraction of sp³-hybridized carbons (Fsp3) is 0.500. The highest BCUT2D eigenvalue weighted by molar-refractivity contribution is 6.31. The molecule has 2 rings (SSSR count). The summed E-state index contributed by atoms with van der Waals surface area (Å²) in [4.78, 5) is 23.4. The molecule has 5 heteroatoms. The van der Waals surface area contributed by atoms with Crippen molar-refractivity contribution in [2.75, 3.05) is 6.54 Å². The van der Waals surface area contributed by atoms with Crippen molar-refractivity contribution in [2.24, 2.45) is 10.8 Å². The van der Waals surface area contributed by atoms with Crippen molar-refractivity contribution in [1.82, 2.24) is 5.32 Å². The summed E-state index contributed by atoms with van der Waals surface area (Å²) in [6.07, 6.45) is 2.24. The number of carbonyl (C=O) groups excluding carboxylic acids is 1. The molecule has 114 valence electrons. The molecule has 1 amide bonds. The molecule has 1 aromatic rings. The second-order valence-corrected chi connectivity index (χ2v) is 6.83. The number of halogens is 1. The minimum absolute atomic E-state index is 0.0725. The molecule has 1 aliphatic rings. The Balaban J connectivity index is 1.99. The number of rotatable bonds is 6. The Hall–Kier alpha value is -1.55. The largest absolute Gasteiger partial charge is 0.481 e. The van der Waals surface area contributed by atoms with Crippen LogP contribution < -0.4 is 5.32 Å². The highest BCUT2D eigenvalue weighted by atomic mass is 35.5. The molecule has 1 aromatic carbocycles. The topological polar surface area (TPSA) is 66.4 Å². The third kappa shape index (κ3) is 3.56. The molecule has 0 aromatic heterocycles. The van der Waals surface area contributed by atoms with E-state index in [0.717, 1.165) is 18.4 Å².